The van der Waals surface area contributed by atoms with Crippen molar-refractivity contribution in [3.05, 3.63) is 35.6 Å². The SMILES string of the molecule is CC[C@@]1(C(=O)O)CC[C@H](N2CCC(c3ccc(F)cc3)CC2)C1. The van der Waals surface area contributed by atoms with E-state index in [-0.39, 0.29) is 5.82 Å². The summed E-state index contributed by atoms with van der Waals surface area (Å²) < 4.78 is 13.0. The van der Waals surface area contributed by atoms with Crippen molar-refractivity contribution in [3.63, 3.8) is 0 Å². The first-order chi connectivity index (χ1) is 11.0. The first kappa shape index (κ1) is 16.4. The fourth-order valence-corrected chi connectivity index (χ4v) is 4.41. The van der Waals surface area contributed by atoms with Crippen molar-refractivity contribution in [2.24, 2.45) is 5.41 Å². The Morgan fingerprint density at radius 2 is 1.91 bits per heavy atom. The van der Waals surface area contributed by atoms with Gasteiger partial charge in [-0.2, -0.15) is 0 Å². The predicted octanol–water partition coefficient (Wildman–Crippen LogP) is 4.04. The van der Waals surface area contributed by atoms with Crippen LogP contribution in [0, 0.1) is 11.2 Å². The van der Waals surface area contributed by atoms with E-state index >= 15 is 0 Å². The fraction of sp³-hybridized carbons (Fsp3) is 0.632. The van der Waals surface area contributed by atoms with Gasteiger partial charge in [0.15, 0.2) is 0 Å². The van der Waals surface area contributed by atoms with E-state index in [1.165, 1.54) is 5.56 Å². The Balaban J connectivity index is 1.57. The molecule has 0 unspecified atom stereocenters. The standard InChI is InChI=1S/C19H26FNO2/c1-2-19(18(22)23)10-7-17(13-19)21-11-8-15(9-12-21)14-3-5-16(20)6-4-14/h3-6,15,17H,2,7-13H2,1H3,(H,22,23)/t17-,19+/m0/s1. The first-order valence-corrected chi connectivity index (χ1v) is 8.77. The summed E-state index contributed by atoms with van der Waals surface area (Å²) in [4.78, 5) is 14.1. The minimum Gasteiger partial charge on any atom is -0.481 e. The molecule has 2 aliphatic rings. The normalized spacial score (nSPS) is 29.7. The Morgan fingerprint density at radius 3 is 2.43 bits per heavy atom. The molecule has 2 fully saturated rings. The number of carboxylic acid groups (broad SMARTS) is 1. The van der Waals surface area contributed by atoms with Crippen LogP contribution in [0.2, 0.25) is 0 Å². The maximum atomic E-state index is 13.0. The Kier molecular flexibility index (Phi) is 4.72. The number of carboxylic acids is 1. The van der Waals surface area contributed by atoms with Gasteiger partial charge in [-0.15, -0.1) is 0 Å². The number of piperidine rings is 1. The molecule has 1 aromatic carbocycles. The molecule has 0 bridgehead atoms. The van der Waals surface area contributed by atoms with Gasteiger partial charge in [-0.3, -0.25) is 4.79 Å². The van der Waals surface area contributed by atoms with Crippen molar-refractivity contribution in [2.45, 2.75) is 57.4 Å². The summed E-state index contributed by atoms with van der Waals surface area (Å²) in [5.74, 6) is -0.297. The first-order valence-electron chi connectivity index (χ1n) is 8.77. The number of likely N-dealkylation sites (tertiary alicyclic amines) is 1. The largest absolute Gasteiger partial charge is 0.481 e. The van der Waals surface area contributed by atoms with Gasteiger partial charge in [-0.05, 0) is 75.2 Å². The van der Waals surface area contributed by atoms with Crippen LogP contribution < -0.4 is 0 Å². The number of nitrogens with zero attached hydrogens (tertiary/aromatic N) is 1. The molecule has 1 aliphatic carbocycles. The maximum absolute atomic E-state index is 13.0. The molecule has 1 aromatic rings. The summed E-state index contributed by atoms with van der Waals surface area (Å²) >= 11 is 0. The highest BCUT2D eigenvalue weighted by atomic mass is 19.1. The lowest BCUT2D eigenvalue weighted by atomic mass is 9.83. The van der Waals surface area contributed by atoms with Gasteiger partial charge in [0.1, 0.15) is 5.82 Å². The summed E-state index contributed by atoms with van der Waals surface area (Å²) in [6.07, 6.45) is 5.48. The monoisotopic (exact) mass is 319 g/mol. The fourth-order valence-electron chi connectivity index (χ4n) is 4.41. The van der Waals surface area contributed by atoms with Gasteiger partial charge >= 0.3 is 5.97 Å². The number of hydrogen-bond donors (Lipinski definition) is 1. The van der Waals surface area contributed by atoms with E-state index in [0.717, 1.165) is 51.6 Å². The van der Waals surface area contributed by atoms with Crippen LogP contribution in [0.1, 0.15) is 56.9 Å². The molecule has 1 aliphatic heterocycles. The molecule has 0 radical (unpaired) electrons. The number of halogens is 1. The molecule has 0 spiro atoms. The summed E-state index contributed by atoms with van der Waals surface area (Å²) in [5.41, 5.74) is 0.726. The van der Waals surface area contributed by atoms with Crippen molar-refractivity contribution in [3.8, 4) is 0 Å². The van der Waals surface area contributed by atoms with Crippen LogP contribution in [0.5, 0.6) is 0 Å². The molecular weight excluding hydrogens is 293 g/mol. The van der Waals surface area contributed by atoms with E-state index in [0.29, 0.717) is 12.0 Å². The summed E-state index contributed by atoms with van der Waals surface area (Å²) in [7, 11) is 0. The van der Waals surface area contributed by atoms with Crippen molar-refractivity contribution in [1.82, 2.24) is 4.90 Å². The van der Waals surface area contributed by atoms with E-state index in [1.54, 1.807) is 12.1 Å². The molecule has 1 saturated carbocycles. The molecule has 1 saturated heterocycles. The second-order valence-electron chi connectivity index (χ2n) is 7.20. The average Bonchev–Trinajstić information content (AvgIpc) is 3.02. The number of aliphatic carboxylic acids is 1. The number of carbonyl (C=O) groups is 1. The van der Waals surface area contributed by atoms with Crippen LogP contribution in [0.15, 0.2) is 24.3 Å². The lowest BCUT2D eigenvalue weighted by molar-refractivity contribution is -0.149. The van der Waals surface area contributed by atoms with E-state index < -0.39 is 11.4 Å². The van der Waals surface area contributed by atoms with E-state index in [2.05, 4.69) is 4.90 Å². The maximum Gasteiger partial charge on any atom is 0.309 e. The molecule has 4 heteroatoms. The van der Waals surface area contributed by atoms with Crippen molar-refractivity contribution in [1.29, 1.82) is 0 Å². The average molecular weight is 319 g/mol. The third-order valence-electron chi connectivity index (χ3n) is 6.10. The summed E-state index contributed by atoms with van der Waals surface area (Å²) in [6.45, 7) is 4.04. The minimum absolute atomic E-state index is 0.179. The van der Waals surface area contributed by atoms with E-state index in [1.807, 2.05) is 19.1 Å². The molecule has 3 rings (SSSR count). The number of rotatable bonds is 4. The molecule has 1 heterocycles. The van der Waals surface area contributed by atoms with Crippen LogP contribution in [0.3, 0.4) is 0 Å². The summed E-state index contributed by atoms with van der Waals surface area (Å²) in [5, 5.41) is 9.54. The molecule has 0 aromatic heterocycles. The second-order valence-corrected chi connectivity index (χ2v) is 7.20. The smallest absolute Gasteiger partial charge is 0.309 e. The predicted molar refractivity (Wildman–Crippen MR) is 87.9 cm³/mol. The molecule has 126 valence electrons. The lowest BCUT2D eigenvalue weighted by Crippen LogP contribution is -2.41. The zero-order valence-corrected chi connectivity index (χ0v) is 13.8. The van der Waals surface area contributed by atoms with Gasteiger partial charge < -0.3 is 10.0 Å². The quantitative estimate of drug-likeness (QED) is 0.910. The highest BCUT2D eigenvalue weighted by Gasteiger charge is 2.45. The van der Waals surface area contributed by atoms with E-state index in [9.17, 15) is 14.3 Å². The van der Waals surface area contributed by atoms with Gasteiger partial charge in [0, 0.05) is 6.04 Å². The van der Waals surface area contributed by atoms with Crippen LogP contribution >= 0.6 is 0 Å². The molecule has 2 atom stereocenters. The van der Waals surface area contributed by atoms with Crippen molar-refractivity contribution in [2.75, 3.05) is 13.1 Å². The topological polar surface area (TPSA) is 40.5 Å². The Labute approximate surface area is 137 Å². The number of benzene rings is 1. The van der Waals surface area contributed by atoms with Crippen LogP contribution in [-0.4, -0.2) is 35.1 Å². The van der Waals surface area contributed by atoms with Gasteiger partial charge in [0.05, 0.1) is 5.41 Å². The van der Waals surface area contributed by atoms with E-state index in [4.69, 9.17) is 0 Å². The van der Waals surface area contributed by atoms with Crippen LogP contribution in [-0.2, 0) is 4.79 Å². The zero-order chi connectivity index (χ0) is 16.4. The summed E-state index contributed by atoms with van der Waals surface area (Å²) in [6, 6.07) is 7.30. The Bertz CT molecular complexity index is 551. The van der Waals surface area contributed by atoms with Crippen LogP contribution in [0.4, 0.5) is 4.39 Å². The molecule has 0 amide bonds. The molecule has 3 nitrogen and oxygen atoms in total. The Morgan fingerprint density at radius 1 is 1.26 bits per heavy atom. The van der Waals surface area contributed by atoms with Gasteiger partial charge in [-0.25, -0.2) is 4.39 Å². The zero-order valence-electron chi connectivity index (χ0n) is 13.8. The van der Waals surface area contributed by atoms with Crippen molar-refractivity contribution >= 4 is 5.97 Å². The van der Waals surface area contributed by atoms with Gasteiger partial charge in [0.25, 0.3) is 0 Å². The van der Waals surface area contributed by atoms with Gasteiger partial charge in [-0.1, -0.05) is 19.1 Å². The third kappa shape index (κ3) is 3.27. The highest BCUT2D eigenvalue weighted by Crippen LogP contribution is 2.44. The number of hydrogen-bond acceptors (Lipinski definition) is 2. The second kappa shape index (κ2) is 6.60. The molecule has 1 N–H and O–H groups in total. The minimum atomic E-state index is -0.622. The molecular formula is C19H26FNO2. The highest BCUT2D eigenvalue weighted by molar-refractivity contribution is 5.75. The van der Waals surface area contributed by atoms with Crippen molar-refractivity contribution < 1.29 is 14.3 Å². The Hall–Kier alpha value is -1.42. The van der Waals surface area contributed by atoms with Crippen LogP contribution in [0.25, 0.3) is 0 Å². The van der Waals surface area contributed by atoms with Gasteiger partial charge in [0.2, 0.25) is 0 Å². The lowest BCUT2D eigenvalue weighted by Gasteiger charge is -2.37. The third-order valence-corrected chi connectivity index (χ3v) is 6.10. The molecule has 23 heavy (non-hydrogen) atoms.